The van der Waals surface area contributed by atoms with E-state index in [1.807, 2.05) is 18.2 Å². The number of carbonyl (C=O) groups excluding carboxylic acids is 1. The van der Waals surface area contributed by atoms with Crippen LogP contribution in [-0.2, 0) is 19.3 Å². The predicted octanol–water partition coefficient (Wildman–Crippen LogP) is 3.36. The van der Waals surface area contributed by atoms with Crippen molar-refractivity contribution in [2.45, 2.75) is 25.7 Å². The molecule has 6 nitrogen and oxygen atoms in total. The number of nitrogens with zero attached hydrogens (tertiary/aromatic N) is 1. The Kier molecular flexibility index (Phi) is 5.09. The fourth-order valence-electron chi connectivity index (χ4n) is 3.60. The number of carbonyl (C=O) groups is 1. The number of amides is 1. The summed E-state index contributed by atoms with van der Waals surface area (Å²) in [6.07, 6.45) is 3.88. The van der Waals surface area contributed by atoms with Crippen molar-refractivity contribution in [3.63, 3.8) is 0 Å². The van der Waals surface area contributed by atoms with Crippen molar-refractivity contribution in [2.24, 2.45) is 0 Å². The average molecular weight is 398 g/mol. The van der Waals surface area contributed by atoms with Crippen LogP contribution in [0.1, 0.15) is 32.9 Å². The van der Waals surface area contributed by atoms with Gasteiger partial charge in [0.2, 0.25) is 0 Å². The molecule has 0 spiro atoms. The first kappa shape index (κ1) is 18.6. The van der Waals surface area contributed by atoms with Gasteiger partial charge in [-0.25, -0.2) is 4.98 Å². The maximum absolute atomic E-state index is 12.6. The average Bonchev–Trinajstić information content (AvgIpc) is 3.30. The quantitative estimate of drug-likeness (QED) is 0.666. The largest absolute Gasteiger partial charge is 0.493 e. The van der Waals surface area contributed by atoms with Crippen LogP contribution < -0.4 is 20.5 Å². The SMILES string of the molecule is COc1ccc(CCNC(=O)c2sc3nc4c(cc3c2N)CCC4)cc1OC. The topological polar surface area (TPSA) is 86.5 Å². The fraction of sp³-hybridized carbons (Fsp3) is 0.333. The van der Waals surface area contributed by atoms with Crippen molar-refractivity contribution >= 4 is 33.1 Å². The summed E-state index contributed by atoms with van der Waals surface area (Å²) in [6.45, 7) is 0.506. The Labute approximate surface area is 167 Å². The number of aromatic nitrogens is 1. The lowest BCUT2D eigenvalue weighted by molar-refractivity contribution is 0.0959. The summed E-state index contributed by atoms with van der Waals surface area (Å²) in [4.78, 5) is 18.8. The van der Waals surface area contributed by atoms with Crippen LogP contribution in [-0.4, -0.2) is 31.7 Å². The van der Waals surface area contributed by atoms with Crippen LogP contribution in [0.2, 0.25) is 0 Å². The van der Waals surface area contributed by atoms with Gasteiger partial charge in [-0.1, -0.05) is 6.07 Å². The zero-order chi connectivity index (χ0) is 19.7. The van der Waals surface area contributed by atoms with Crippen LogP contribution in [0, 0.1) is 0 Å². The Morgan fingerprint density at radius 3 is 2.82 bits per heavy atom. The minimum atomic E-state index is -0.152. The van der Waals surface area contributed by atoms with E-state index in [0.29, 0.717) is 35.0 Å². The smallest absolute Gasteiger partial charge is 0.263 e. The van der Waals surface area contributed by atoms with E-state index in [2.05, 4.69) is 11.4 Å². The number of nitrogens with two attached hydrogens (primary N) is 1. The van der Waals surface area contributed by atoms with E-state index < -0.39 is 0 Å². The summed E-state index contributed by atoms with van der Waals surface area (Å²) >= 11 is 1.37. The third kappa shape index (κ3) is 3.38. The zero-order valence-corrected chi connectivity index (χ0v) is 16.8. The maximum Gasteiger partial charge on any atom is 0.263 e. The number of methoxy groups -OCH3 is 2. The standard InChI is InChI=1S/C21H23N3O3S/c1-26-16-7-6-12(10-17(16)27-2)8-9-23-20(25)19-18(22)14-11-13-4-3-5-15(13)24-21(14)28-19/h6-7,10-11H,3-5,8-9,22H2,1-2H3,(H,23,25). The van der Waals surface area contributed by atoms with E-state index in [1.54, 1.807) is 14.2 Å². The highest BCUT2D eigenvalue weighted by Gasteiger charge is 2.20. The first-order valence-corrected chi connectivity index (χ1v) is 10.1. The van der Waals surface area contributed by atoms with Gasteiger partial charge in [-0.15, -0.1) is 11.3 Å². The van der Waals surface area contributed by atoms with Crippen molar-refractivity contribution in [3.8, 4) is 11.5 Å². The summed E-state index contributed by atoms with van der Waals surface area (Å²) in [5.74, 6) is 1.22. The molecule has 3 N–H and O–H groups in total. The van der Waals surface area contributed by atoms with Crippen LogP contribution in [0.4, 0.5) is 5.69 Å². The van der Waals surface area contributed by atoms with Crippen molar-refractivity contribution in [2.75, 3.05) is 26.5 Å². The lowest BCUT2D eigenvalue weighted by atomic mass is 10.1. The number of nitrogen functional groups attached to an aromatic ring is 1. The first-order valence-electron chi connectivity index (χ1n) is 9.30. The molecule has 1 amide bonds. The molecule has 1 aromatic carbocycles. The second-order valence-corrected chi connectivity index (χ2v) is 7.84. The van der Waals surface area contributed by atoms with Crippen molar-refractivity contribution in [3.05, 3.63) is 46.0 Å². The Hall–Kier alpha value is -2.80. The van der Waals surface area contributed by atoms with Gasteiger partial charge in [0.15, 0.2) is 11.5 Å². The number of ether oxygens (including phenoxy) is 2. The lowest BCUT2D eigenvalue weighted by Crippen LogP contribution is -2.25. The van der Waals surface area contributed by atoms with Gasteiger partial charge in [0.25, 0.3) is 5.91 Å². The highest BCUT2D eigenvalue weighted by atomic mass is 32.1. The molecule has 28 heavy (non-hydrogen) atoms. The van der Waals surface area contributed by atoms with Gasteiger partial charge >= 0.3 is 0 Å². The number of fused-ring (bicyclic) bond motifs is 2. The molecule has 0 aliphatic heterocycles. The summed E-state index contributed by atoms with van der Waals surface area (Å²) < 4.78 is 10.6. The van der Waals surface area contributed by atoms with Gasteiger partial charge in [-0.2, -0.15) is 0 Å². The Balaban J connectivity index is 1.45. The van der Waals surface area contributed by atoms with E-state index in [1.165, 1.54) is 16.9 Å². The van der Waals surface area contributed by atoms with Crippen molar-refractivity contribution in [1.29, 1.82) is 0 Å². The zero-order valence-electron chi connectivity index (χ0n) is 16.0. The molecule has 3 aromatic rings. The molecule has 0 radical (unpaired) electrons. The normalized spacial score (nSPS) is 12.8. The molecule has 1 aliphatic carbocycles. The van der Waals surface area contributed by atoms with E-state index in [0.717, 1.165) is 40.7 Å². The predicted molar refractivity (Wildman–Crippen MR) is 112 cm³/mol. The second-order valence-electron chi connectivity index (χ2n) is 6.84. The molecule has 4 rings (SSSR count). The summed E-state index contributed by atoms with van der Waals surface area (Å²) in [5, 5.41) is 3.86. The van der Waals surface area contributed by atoms with Gasteiger partial charge in [-0.05, 0) is 55.0 Å². The van der Waals surface area contributed by atoms with Gasteiger partial charge in [0, 0.05) is 17.6 Å². The van der Waals surface area contributed by atoms with Crippen LogP contribution in [0.25, 0.3) is 10.2 Å². The molecule has 0 saturated carbocycles. The van der Waals surface area contributed by atoms with Crippen LogP contribution in [0.5, 0.6) is 11.5 Å². The third-order valence-corrected chi connectivity index (χ3v) is 6.22. The lowest BCUT2D eigenvalue weighted by Gasteiger charge is -2.10. The first-order chi connectivity index (χ1) is 13.6. The molecule has 0 fully saturated rings. The third-order valence-electron chi connectivity index (χ3n) is 5.10. The van der Waals surface area contributed by atoms with Crippen LogP contribution in [0.3, 0.4) is 0 Å². The fourth-order valence-corrected chi connectivity index (χ4v) is 4.62. The number of pyridine rings is 1. The highest BCUT2D eigenvalue weighted by Crippen LogP contribution is 2.35. The number of benzene rings is 1. The van der Waals surface area contributed by atoms with Crippen LogP contribution in [0.15, 0.2) is 24.3 Å². The second kappa shape index (κ2) is 7.67. The van der Waals surface area contributed by atoms with Gasteiger partial charge in [0.1, 0.15) is 9.71 Å². The van der Waals surface area contributed by atoms with Crippen LogP contribution >= 0.6 is 11.3 Å². The number of rotatable bonds is 6. The number of hydrogen-bond donors (Lipinski definition) is 2. The van der Waals surface area contributed by atoms with E-state index in [-0.39, 0.29) is 5.91 Å². The molecule has 2 heterocycles. The summed E-state index contributed by atoms with van der Waals surface area (Å²) in [7, 11) is 3.22. The summed E-state index contributed by atoms with van der Waals surface area (Å²) in [6, 6.07) is 7.86. The monoisotopic (exact) mass is 397 g/mol. The molecule has 2 aromatic heterocycles. The van der Waals surface area contributed by atoms with Crippen molar-refractivity contribution < 1.29 is 14.3 Å². The molecule has 146 valence electrons. The van der Waals surface area contributed by atoms with Gasteiger partial charge in [-0.3, -0.25) is 4.79 Å². The highest BCUT2D eigenvalue weighted by molar-refractivity contribution is 7.21. The number of anilines is 1. The minimum Gasteiger partial charge on any atom is -0.493 e. The Morgan fingerprint density at radius 2 is 2.04 bits per heavy atom. The van der Waals surface area contributed by atoms with Crippen molar-refractivity contribution in [1.82, 2.24) is 10.3 Å². The van der Waals surface area contributed by atoms with E-state index >= 15 is 0 Å². The number of aryl methyl sites for hydroxylation is 2. The summed E-state index contributed by atoms with van der Waals surface area (Å²) in [5.41, 5.74) is 10.3. The van der Waals surface area contributed by atoms with Gasteiger partial charge < -0.3 is 20.5 Å². The minimum absolute atomic E-state index is 0.152. The molecule has 0 unspecified atom stereocenters. The molecular formula is C21H23N3O3S. The molecule has 0 saturated heterocycles. The maximum atomic E-state index is 12.6. The molecule has 0 atom stereocenters. The van der Waals surface area contributed by atoms with E-state index in [9.17, 15) is 4.79 Å². The molecule has 0 bridgehead atoms. The number of thiophene rings is 1. The van der Waals surface area contributed by atoms with Gasteiger partial charge in [0.05, 0.1) is 19.9 Å². The molecule has 7 heteroatoms. The molecular weight excluding hydrogens is 374 g/mol. The Bertz CT molecular complexity index is 1050. The molecule has 1 aliphatic rings. The van der Waals surface area contributed by atoms with E-state index in [4.69, 9.17) is 20.2 Å². The number of nitrogens with one attached hydrogen (secondary N) is 1. The number of hydrogen-bond acceptors (Lipinski definition) is 6. The Morgan fingerprint density at radius 1 is 1.21 bits per heavy atom.